The largest absolute Gasteiger partial charge is 0.409 e. The molecule has 0 radical (unpaired) electrons. The van der Waals surface area contributed by atoms with E-state index in [2.05, 4.69) is 5.16 Å². The molecule has 1 atom stereocenters. The van der Waals surface area contributed by atoms with Gasteiger partial charge in [0.25, 0.3) is 0 Å². The van der Waals surface area contributed by atoms with Crippen LogP contribution in [0.4, 0.5) is 0 Å². The Bertz CT molecular complexity index is 486. The number of carbonyl (C=O) groups is 1. The van der Waals surface area contributed by atoms with Crippen LogP contribution in [-0.2, 0) is 11.3 Å². The topological polar surface area (TPSA) is 78.9 Å². The van der Waals surface area contributed by atoms with Gasteiger partial charge in [-0.15, -0.1) is 0 Å². The summed E-state index contributed by atoms with van der Waals surface area (Å²) in [5, 5.41) is 11.8. The van der Waals surface area contributed by atoms with Crippen LogP contribution in [0.25, 0.3) is 0 Å². The number of nitrogens with two attached hydrogens (primary N) is 1. The van der Waals surface area contributed by atoms with Gasteiger partial charge in [-0.25, -0.2) is 0 Å². The van der Waals surface area contributed by atoms with Gasteiger partial charge in [-0.1, -0.05) is 48.3 Å². The van der Waals surface area contributed by atoms with E-state index in [1.807, 2.05) is 38.1 Å². The summed E-state index contributed by atoms with van der Waals surface area (Å²) in [6, 6.07) is 8.01. The molecule has 1 rings (SSSR count). The summed E-state index contributed by atoms with van der Waals surface area (Å²) >= 11 is 0. The Morgan fingerprint density at radius 2 is 2.20 bits per heavy atom. The van der Waals surface area contributed by atoms with Crippen molar-refractivity contribution in [3.63, 3.8) is 0 Å². The number of amidine groups is 1. The number of oxime groups is 1. The predicted octanol–water partition coefficient (Wildman–Crippen LogP) is 2.12. The zero-order valence-electron chi connectivity index (χ0n) is 12.3. The van der Waals surface area contributed by atoms with Gasteiger partial charge in [0.1, 0.15) is 0 Å². The lowest BCUT2D eigenvalue weighted by Crippen LogP contribution is -2.39. The molecular weight excluding hydrogens is 254 g/mol. The third-order valence-corrected chi connectivity index (χ3v) is 3.23. The van der Waals surface area contributed by atoms with E-state index in [0.29, 0.717) is 13.0 Å². The maximum absolute atomic E-state index is 12.4. The van der Waals surface area contributed by atoms with E-state index in [4.69, 9.17) is 10.9 Å². The van der Waals surface area contributed by atoms with Crippen LogP contribution < -0.4 is 5.73 Å². The monoisotopic (exact) mass is 277 g/mol. The van der Waals surface area contributed by atoms with Crippen LogP contribution in [0.2, 0.25) is 0 Å². The average Bonchev–Trinajstić information content (AvgIpc) is 2.43. The van der Waals surface area contributed by atoms with Crippen LogP contribution in [0.1, 0.15) is 30.9 Å². The van der Waals surface area contributed by atoms with Crippen molar-refractivity contribution in [2.24, 2.45) is 16.8 Å². The van der Waals surface area contributed by atoms with E-state index in [0.717, 1.165) is 17.5 Å². The minimum Gasteiger partial charge on any atom is -0.409 e. The van der Waals surface area contributed by atoms with Crippen molar-refractivity contribution in [2.75, 3.05) is 7.05 Å². The summed E-state index contributed by atoms with van der Waals surface area (Å²) in [4.78, 5) is 14.0. The summed E-state index contributed by atoms with van der Waals surface area (Å²) in [6.45, 7) is 4.49. The molecule has 0 aliphatic rings. The quantitative estimate of drug-likeness (QED) is 0.362. The van der Waals surface area contributed by atoms with E-state index in [1.54, 1.807) is 11.9 Å². The van der Waals surface area contributed by atoms with Gasteiger partial charge in [0.15, 0.2) is 5.84 Å². The standard InChI is InChI=1S/C15H23N3O2/c1-4-6-13(14(16)17-20)15(19)18(3)10-12-8-5-7-11(2)9-12/h5,7-9,13,20H,4,6,10H2,1-3H3,(H2,16,17). The Balaban J connectivity index is 2.79. The predicted molar refractivity (Wildman–Crippen MR) is 79.5 cm³/mol. The third-order valence-electron chi connectivity index (χ3n) is 3.23. The molecule has 5 nitrogen and oxygen atoms in total. The van der Waals surface area contributed by atoms with Gasteiger partial charge < -0.3 is 15.8 Å². The van der Waals surface area contributed by atoms with Crippen molar-refractivity contribution in [3.8, 4) is 0 Å². The molecule has 1 unspecified atom stereocenters. The van der Waals surface area contributed by atoms with Gasteiger partial charge in [0.2, 0.25) is 5.91 Å². The van der Waals surface area contributed by atoms with Gasteiger partial charge in [-0.2, -0.15) is 0 Å². The summed E-state index contributed by atoms with van der Waals surface area (Å²) in [6.07, 6.45) is 1.37. The minimum absolute atomic E-state index is 0.0204. The second-order valence-corrected chi connectivity index (χ2v) is 5.05. The zero-order valence-corrected chi connectivity index (χ0v) is 12.3. The molecule has 0 aromatic heterocycles. The number of benzene rings is 1. The van der Waals surface area contributed by atoms with Crippen molar-refractivity contribution >= 4 is 11.7 Å². The molecule has 0 spiro atoms. The van der Waals surface area contributed by atoms with Crippen molar-refractivity contribution in [1.29, 1.82) is 0 Å². The van der Waals surface area contributed by atoms with Gasteiger partial charge in [0, 0.05) is 13.6 Å². The van der Waals surface area contributed by atoms with Crippen LogP contribution in [0.15, 0.2) is 29.4 Å². The normalized spacial score (nSPS) is 13.1. The number of hydrogen-bond acceptors (Lipinski definition) is 3. The lowest BCUT2D eigenvalue weighted by atomic mass is 10.0. The maximum Gasteiger partial charge on any atom is 0.233 e. The summed E-state index contributed by atoms with van der Waals surface area (Å²) in [5.41, 5.74) is 7.83. The van der Waals surface area contributed by atoms with Crippen LogP contribution in [0.3, 0.4) is 0 Å². The molecule has 20 heavy (non-hydrogen) atoms. The molecule has 0 heterocycles. The Kier molecular flexibility index (Phi) is 6.03. The van der Waals surface area contributed by atoms with Crippen LogP contribution >= 0.6 is 0 Å². The van der Waals surface area contributed by atoms with Crippen molar-refractivity contribution in [2.45, 2.75) is 33.2 Å². The first-order valence-electron chi connectivity index (χ1n) is 6.77. The lowest BCUT2D eigenvalue weighted by Gasteiger charge is -2.23. The first kappa shape index (κ1) is 16.0. The number of amides is 1. The smallest absolute Gasteiger partial charge is 0.233 e. The van der Waals surface area contributed by atoms with Gasteiger partial charge >= 0.3 is 0 Å². The second kappa shape index (κ2) is 7.53. The highest BCUT2D eigenvalue weighted by Crippen LogP contribution is 2.13. The molecule has 110 valence electrons. The number of rotatable bonds is 6. The fourth-order valence-corrected chi connectivity index (χ4v) is 2.18. The molecule has 1 amide bonds. The van der Waals surface area contributed by atoms with Crippen LogP contribution in [0.5, 0.6) is 0 Å². The number of carbonyl (C=O) groups excluding carboxylic acids is 1. The molecule has 0 fully saturated rings. The second-order valence-electron chi connectivity index (χ2n) is 5.05. The first-order chi connectivity index (χ1) is 9.49. The molecule has 3 N–H and O–H groups in total. The van der Waals surface area contributed by atoms with E-state index in [-0.39, 0.29) is 11.7 Å². The molecule has 0 aliphatic heterocycles. The zero-order chi connectivity index (χ0) is 15.1. The van der Waals surface area contributed by atoms with Crippen molar-refractivity contribution in [1.82, 2.24) is 4.90 Å². The highest BCUT2D eigenvalue weighted by Gasteiger charge is 2.25. The maximum atomic E-state index is 12.4. The molecule has 1 aromatic carbocycles. The number of nitrogens with zero attached hydrogens (tertiary/aromatic N) is 2. The van der Waals surface area contributed by atoms with Gasteiger partial charge in [-0.3, -0.25) is 4.79 Å². The highest BCUT2D eigenvalue weighted by atomic mass is 16.4. The molecule has 1 aromatic rings. The van der Waals surface area contributed by atoms with Crippen molar-refractivity contribution < 1.29 is 10.0 Å². The molecule has 0 saturated heterocycles. The Morgan fingerprint density at radius 3 is 2.75 bits per heavy atom. The van der Waals surface area contributed by atoms with E-state index < -0.39 is 5.92 Å². The van der Waals surface area contributed by atoms with Gasteiger partial charge in [0.05, 0.1) is 5.92 Å². The molecule has 5 heteroatoms. The third kappa shape index (κ3) is 4.26. The summed E-state index contributed by atoms with van der Waals surface area (Å²) in [5.74, 6) is -0.698. The van der Waals surface area contributed by atoms with Crippen molar-refractivity contribution in [3.05, 3.63) is 35.4 Å². The number of hydrogen-bond donors (Lipinski definition) is 2. The minimum atomic E-state index is -0.556. The molecule has 0 aliphatic carbocycles. The summed E-state index contributed by atoms with van der Waals surface area (Å²) < 4.78 is 0. The van der Waals surface area contributed by atoms with E-state index in [1.165, 1.54) is 0 Å². The molecule has 0 saturated carbocycles. The lowest BCUT2D eigenvalue weighted by molar-refractivity contribution is -0.132. The first-order valence-corrected chi connectivity index (χ1v) is 6.77. The number of aryl methyl sites for hydroxylation is 1. The summed E-state index contributed by atoms with van der Waals surface area (Å²) in [7, 11) is 1.73. The highest BCUT2D eigenvalue weighted by molar-refractivity contribution is 6.01. The Morgan fingerprint density at radius 1 is 1.50 bits per heavy atom. The fraction of sp³-hybridized carbons (Fsp3) is 0.467. The Labute approximate surface area is 120 Å². The van der Waals surface area contributed by atoms with E-state index >= 15 is 0 Å². The van der Waals surface area contributed by atoms with Crippen LogP contribution in [0, 0.1) is 12.8 Å². The van der Waals surface area contributed by atoms with E-state index in [9.17, 15) is 4.79 Å². The average molecular weight is 277 g/mol. The Hall–Kier alpha value is -2.04. The molecule has 0 bridgehead atoms. The van der Waals surface area contributed by atoms with Crippen LogP contribution in [-0.4, -0.2) is 28.9 Å². The molecular formula is C15H23N3O2. The van der Waals surface area contributed by atoms with Gasteiger partial charge in [-0.05, 0) is 18.9 Å². The fourth-order valence-electron chi connectivity index (χ4n) is 2.18. The SMILES string of the molecule is CCCC(C(=O)N(C)Cc1cccc(C)c1)C(N)=NO.